The zero-order valence-corrected chi connectivity index (χ0v) is 30.4. The fourth-order valence-electron chi connectivity index (χ4n) is 6.08. The van der Waals surface area contributed by atoms with Gasteiger partial charge in [0.15, 0.2) is 6.10 Å². The Bertz CT molecular complexity index is 607. The predicted octanol–water partition coefficient (Wildman–Crippen LogP) is 12.3. The average molecular weight is 639 g/mol. The van der Waals surface area contributed by atoms with Gasteiger partial charge in [-0.15, -0.1) is 0 Å². The van der Waals surface area contributed by atoms with E-state index in [1.807, 2.05) is 0 Å². The lowest BCUT2D eigenvalue weighted by molar-refractivity contribution is -0.161. The zero-order valence-electron chi connectivity index (χ0n) is 30.4. The summed E-state index contributed by atoms with van der Waals surface area (Å²) in [4.78, 5) is 24.0. The van der Waals surface area contributed by atoms with Crippen molar-refractivity contribution in [1.82, 2.24) is 0 Å². The fourth-order valence-corrected chi connectivity index (χ4v) is 6.08. The van der Waals surface area contributed by atoms with Crippen LogP contribution in [0.1, 0.15) is 226 Å². The van der Waals surface area contributed by atoms with Gasteiger partial charge in [0.2, 0.25) is 0 Å². The van der Waals surface area contributed by atoms with Crippen LogP contribution in [0.5, 0.6) is 0 Å². The molecule has 0 aromatic rings. The molecule has 0 bridgehead atoms. The van der Waals surface area contributed by atoms with Gasteiger partial charge in [-0.3, -0.25) is 9.59 Å². The molecule has 0 saturated carbocycles. The first-order valence-electron chi connectivity index (χ1n) is 20.1. The highest BCUT2D eigenvalue weighted by Crippen LogP contribution is 2.16. The summed E-state index contributed by atoms with van der Waals surface area (Å²) in [6.07, 6.45) is 40.7. The van der Waals surface area contributed by atoms with Gasteiger partial charge in [0.1, 0.15) is 6.61 Å². The molecule has 0 heterocycles. The maximum Gasteiger partial charge on any atom is 0.306 e. The van der Waals surface area contributed by atoms with Crippen molar-refractivity contribution in [3.63, 3.8) is 0 Å². The van der Waals surface area contributed by atoms with Crippen LogP contribution < -0.4 is 0 Å². The number of aliphatic hydroxyl groups is 1. The van der Waals surface area contributed by atoms with Crippen LogP contribution in [-0.4, -0.2) is 36.4 Å². The first-order valence-corrected chi connectivity index (χ1v) is 20.1. The summed E-state index contributed by atoms with van der Waals surface area (Å²) in [5.74, 6) is -0.588. The van der Waals surface area contributed by atoms with Crippen LogP contribution in [0.2, 0.25) is 0 Å². The van der Waals surface area contributed by atoms with Gasteiger partial charge >= 0.3 is 11.9 Å². The first kappa shape index (κ1) is 43.9. The molecule has 0 aromatic heterocycles. The predicted molar refractivity (Wildman–Crippen MR) is 192 cm³/mol. The molecule has 0 fully saturated rings. The van der Waals surface area contributed by atoms with E-state index in [0.717, 1.165) is 38.5 Å². The Hall–Kier alpha value is -1.10. The van der Waals surface area contributed by atoms with Gasteiger partial charge in [0.05, 0.1) is 6.61 Å². The normalized spacial score (nSPS) is 12.0. The summed E-state index contributed by atoms with van der Waals surface area (Å²) < 4.78 is 10.5. The quantitative estimate of drug-likeness (QED) is 0.0541. The molecule has 0 saturated heterocycles. The van der Waals surface area contributed by atoms with Crippen molar-refractivity contribution in [2.75, 3.05) is 13.2 Å². The monoisotopic (exact) mass is 639 g/mol. The molecule has 0 aromatic carbocycles. The summed E-state index contributed by atoms with van der Waals surface area (Å²) in [6, 6.07) is 0. The third kappa shape index (κ3) is 35.6. The number of esters is 2. The van der Waals surface area contributed by atoms with Gasteiger partial charge in [-0.05, 0) is 12.8 Å². The second kappa shape index (κ2) is 37.4. The molecule has 0 aliphatic carbocycles. The van der Waals surface area contributed by atoms with E-state index < -0.39 is 6.10 Å². The molecular weight excluding hydrogens is 560 g/mol. The Morgan fingerprint density at radius 3 is 0.978 bits per heavy atom. The van der Waals surface area contributed by atoms with Gasteiger partial charge < -0.3 is 14.6 Å². The van der Waals surface area contributed by atoms with Crippen molar-refractivity contribution in [2.45, 2.75) is 232 Å². The van der Waals surface area contributed by atoms with Gasteiger partial charge in [0.25, 0.3) is 0 Å². The Labute approximate surface area is 280 Å². The molecule has 0 spiro atoms. The molecule has 45 heavy (non-hydrogen) atoms. The zero-order chi connectivity index (χ0) is 32.9. The lowest BCUT2D eigenvalue weighted by Crippen LogP contribution is -2.28. The maximum atomic E-state index is 12.1. The van der Waals surface area contributed by atoms with Gasteiger partial charge in [-0.2, -0.15) is 0 Å². The van der Waals surface area contributed by atoms with Crippen molar-refractivity contribution in [2.24, 2.45) is 0 Å². The third-order valence-electron chi connectivity index (χ3n) is 9.15. The number of rotatable bonds is 37. The summed E-state index contributed by atoms with van der Waals surface area (Å²) in [6.45, 7) is 4.10. The minimum Gasteiger partial charge on any atom is -0.462 e. The van der Waals surface area contributed by atoms with E-state index in [-0.39, 0.29) is 25.2 Å². The van der Waals surface area contributed by atoms with Crippen molar-refractivity contribution in [3.8, 4) is 0 Å². The second-order valence-corrected chi connectivity index (χ2v) is 13.7. The van der Waals surface area contributed by atoms with Gasteiger partial charge in [0, 0.05) is 12.8 Å². The molecule has 5 heteroatoms. The number of hydrogen-bond donors (Lipinski definition) is 1. The van der Waals surface area contributed by atoms with E-state index in [2.05, 4.69) is 13.8 Å². The number of aliphatic hydroxyl groups excluding tert-OH is 1. The minimum absolute atomic E-state index is 0.0591. The Kier molecular flexibility index (Phi) is 36.4. The van der Waals surface area contributed by atoms with Crippen LogP contribution in [0, 0.1) is 0 Å². The molecule has 0 aliphatic heterocycles. The van der Waals surface area contributed by atoms with Crippen LogP contribution in [0.25, 0.3) is 0 Å². The summed E-state index contributed by atoms with van der Waals surface area (Å²) >= 11 is 0. The van der Waals surface area contributed by atoms with E-state index in [4.69, 9.17) is 9.47 Å². The van der Waals surface area contributed by atoms with E-state index >= 15 is 0 Å². The molecule has 1 unspecified atom stereocenters. The minimum atomic E-state index is -0.759. The van der Waals surface area contributed by atoms with Crippen LogP contribution >= 0.6 is 0 Å². The Morgan fingerprint density at radius 1 is 0.422 bits per heavy atom. The van der Waals surface area contributed by atoms with Crippen molar-refractivity contribution < 1.29 is 24.2 Å². The summed E-state index contributed by atoms with van der Waals surface area (Å²) in [5.41, 5.74) is 0. The molecule has 1 N–H and O–H groups in total. The fraction of sp³-hybridized carbons (Fsp3) is 0.950. The van der Waals surface area contributed by atoms with Gasteiger partial charge in [-0.25, -0.2) is 0 Å². The highest BCUT2D eigenvalue weighted by molar-refractivity contribution is 5.70. The standard InChI is InChI=1S/C40H78O5/c1-3-5-7-9-11-12-13-14-15-16-17-18-19-20-21-22-23-24-25-26-27-28-29-31-33-35-40(43)45-38(36-41)37-44-39(42)34-32-30-10-8-6-4-2/h38,41H,3-37H2,1-2H3. The number of carbonyl (C=O) groups excluding carboxylic acids is 2. The number of carbonyl (C=O) groups is 2. The smallest absolute Gasteiger partial charge is 0.306 e. The van der Waals surface area contributed by atoms with Gasteiger partial charge in [-0.1, -0.05) is 200 Å². The Morgan fingerprint density at radius 2 is 0.689 bits per heavy atom. The maximum absolute atomic E-state index is 12.1. The highest BCUT2D eigenvalue weighted by atomic mass is 16.6. The van der Waals surface area contributed by atoms with E-state index in [0.29, 0.717) is 12.8 Å². The summed E-state index contributed by atoms with van der Waals surface area (Å²) in [5, 5.41) is 9.48. The van der Waals surface area contributed by atoms with Crippen LogP contribution in [0.4, 0.5) is 0 Å². The number of hydrogen-bond acceptors (Lipinski definition) is 5. The lowest BCUT2D eigenvalue weighted by atomic mass is 10.0. The molecule has 0 amide bonds. The molecular formula is C40H78O5. The average Bonchev–Trinajstić information content (AvgIpc) is 3.04. The number of ether oxygens (including phenoxy) is 2. The molecule has 1 atom stereocenters. The van der Waals surface area contributed by atoms with E-state index in [1.54, 1.807) is 0 Å². The van der Waals surface area contributed by atoms with Crippen molar-refractivity contribution >= 4 is 11.9 Å². The largest absolute Gasteiger partial charge is 0.462 e. The lowest BCUT2D eigenvalue weighted by Gasteiger charge is -2.15. The molecule has 268 valence electrons. The second-order valence-electron chi connectivity index (χ2n) is 13.7. The number of unbranched alkanes of at least 4 members (excludes halogenated alkanes) is 29. The topological polar surface area (TPSA) is 72.8 Å². The van der Waals surface area contributed by atoms with Crippen LogP contribution in [-0.2, 0) is 19.1 Å². The molecule has 5 nitrogen and oxygen atoms in total. The van der Waals surface area contributed by atoms with Crippen LogP contribution in [0.3, 0.4) is 0 Å². The van der Waals surface area contributed by atoms with Crippen LogP contribution in [0.15, 0.2) is 0 Å². The highest BCUT2D eigenvalue weighted by Gasteiger charge is 2.16. The van der Waals surface area contributed by atoms with E-state index in [9.17, 15) is 14.7 Å². The summed E-state index contributed by atoms with van der Waals surface area (Å²) in [7, 11) is 0. The van der Waals surface area contributed by atoms with Crippen molar-refractivity contribution in [1.29, 1.82) is 0 Å². The SMILES string of the molecule is CCCCCCCCCCCCCCCCCCCCCCCCCCCC(=O)OC(CO)COC(=O)CCCCCCCC. The molecule has 0 aliphatic rings. The Balaban J connectivity index is 3.36. The molecule has 0 rings (SSSR count). The first-order chi connectivity index (χ1) is 22.1. The van der Waals surface area contributed by atoms with E-state index in [1.165, 1.54) is 161 Å². The molecule has 0 radical (unpaired) electrons. The third-order valence-corrected chi connectivity index (χ3v) is 9.15. The van der Waals surface area contributed by atoms with Crippen molar-refractivity contribution in [3.05, 3.63) is 0 Å².